The number of aliphatic hydroxyl groups is 2. The van der Waals surface area contributed by atoms with Crippen molar-refractivity contribution in [2.45, 2.75) is 6.10 Å². The van der Waals surface area contributed by atoms with Crippen molar-refractivity contribution in [2.75, 3.05) is 18.5 Å². The minimum atomic E-state index is -0.934. The topological polar surface area (TPSA) is 122 Å². The lowest BCUT2D eigenvalue weighted by molar-refractivity contribution is 0.105. The number of aliphatic hydroxyl groups excluding tert-OH is 2. The fraction of sp³-hybridized carbons (Fsp3) is 0.267. The molecule has 0 aliphatic heterocycles. The summed E-state index contributed by atoms with van der Waals surface area (Å²) in [5, 5.41) is 32.4. The molecule has 3 rings (SSSR count). The molecule has 25 heavy (non-hydrogen) atoms. The Kier molecular flexibility index (Phi) is 4.91. The molecule has 0 saturated heterocycles. The molecule has 1 atom stereocenters. The average Bonchev–Trinajstić information content (AvgIpc) is 3.06. The summed E-state index contributed by atoms with van der Waals surface area (Å²) in [6.07, 6.45) is 1.95. The SMILES string of the molecule is Cn1nnc(-c2ccc(-c3cnc(NC[C@@H](O)CO)cc3F)cn2)n1. The van der Waals surface area contributed by atoms with Crippen molar-refractivity contribution in [2.24, 2.45) is 7.05 Å². The van der Waals surface area contributed by atoms with Crippen LogP contribution in [0, 0.1) is 5.82 Å². The van der Waals surface area contributed by atoms with E-state index in [1.807, 2.05) is 0 Å². The number of nitrogens with zero attached hydrogens (tertiary/aromatic N) is 6. The molecule has 0 spiro atoms. The third kappa shape index (κ3) is 3.92. The van der Waals surface area contributed by atoms with Crippen molar-refractivity contribution < 1.29 is 14.6 Å². The molecule has 0 radical (unpaired) electrons. The summed E-state index contributed by atoms with van der Waals surface area (Å²) in [5.74, 6) is 0.167. The van der Waals surface area contributed by atoms with E-state index in [2.05, 4.69) is 30.7 Å². The van der Waals surface area contributed by atoms with Gasteiger partial charge in [-0.15, -0.1) is 10.2 Å². The predicted octanol–water partition coefficient (Wildman–Crippen LogP) is 0.238. The van der Waals surface area contributed by atoms with Gasteiger partial charge in [-0.2, -0.15) is 4.80 Å². The van der Waals surface area contributed by atoms with Crippen LogP contribution in [0.25, 0.3) is 22.6 Å². The lowest BCUT2D eigenvalue weighted by Crippen LogP contribution is -2.23. The molecule has 0 amide bonds. The number of halogens is 1. The highest BCUT2D eigenvalue weighted by atomic mass is 19.1. The lowest BCUT2D eigenvalue weighted by Gasteiger charge is -2.10. The summed E-state index contributed by atoms with van der Waals surface area (Å²) < 4.78 is 14.3. The molecule has 0 aliphatic rings. The van der Waals surface area contributed by atoms with Gasteiger partial charge in [0.2, 0.25) is 5.82 Å². The largest absolute Gasteiger partial charge is 0.394 e. The summed E-state index contributed by atoms with van der Waals surface area (Å²) in [6.45, 7) is -0.310. The van der Waals surface area contributed by atoms with Crippen molar-refractivity contribution in [1.82, 2.24) is 30.2 Å². The number of tetrazole rings is 1. The number of aryl methyl sites for hydroxylation is 1. The molecule has 0 aromatic carbocycles. The molecule has 10 heteroatoms. The second-order valence-electron chi connectivity index (χ2n) is 5.30. The fourth-order valence-electron chi connectivity index (χ4n) is 2.10. The third-order valence-corrected chi connectivity index (χ3v) is 3.39. The van der Waals surface area contributed by atoms with Gasteiger partial charge in [-0.3, -0.25) is 4.98 Å². The van der Waals surface area contributed by atoms with Gasteiger partial charge in [-0.1, -0.05) is 6.07 Å². The molecule has 0 bridgehead atoms. The van der Waals surface area contributed by atoms with Crippen LogP contribution in [0.2, 0.25) is 0 Å². The van der Waals surface area contributed by atoms with Crippen LogP contribution >= 0.6 is 0 Å². The molecular weight excluding hydrogens is 329 g/mol. The summed E-state index contributed by atoms with van der Waals surface area (Å²) in [5.41, 5.74) is 1.38. The Morgan fingerprint density at radius 2 is 2.12 bits per heavy atom. The Morgan fingerprint density at radius 1 is 1.28 bits per heavy atom. The molecule has 3 aromatic rings. The quantitative estimate of drug-likeness (QED) is 0.581. The van der Waals surface area contributed by atoms with Gasteiger partial charge in [0.1, 0.15) is 17.3 Å². The van der Waals surface area contributed by atoms with Crippen LogP contribution in [0.5, 0.6) is 0 Å². The molecular formula is C15H16FN7O2. The maximum absolute atomic E-state index is 14.3. The van der Waals surface area contributed by atoms with Crippen LogP contribution in [0.4, 0.5) is 10.2 Å². The van der Waals surface area contributed by atoms with Crippen LogP contribution in [-0.4, -0.2) is 59.6 Å². The average molecular weight is 345 g/mol. The van der Waals surface area contributed by atoms with E-state index in [1.54, 1.807) is 19.2 Å². The molecule has 0 unspecified atom stereocenters. The first-order valence-corrected chi connectivity index (χ1v) is 7.46. The lowest BCUT2D eigenvalue weighted by atomic mass is 10.1. The standard InChI is InChI=1S/C15H16FN7O2/c1-23-21-15(20-22-23)13-3-2-9(5-17-13)11-7-19-14(4-12(11)16)18-6-10(25)8-24/h2-5,7,10,24-25H,6,8H2,1H3,(H,18,19)/t10-/m1/s1. The number of hydrogen-bond donors (Lipinski definition) is 3. The highest BCUT2D eigenvalue weighted by Gasteiger charge is 2.11. The normalized spacial score (nSPS) is 12.2. The number of nitrogens with one attached hydrogen (secondary N) is 1. The second-order valence-corrected chi connectivity index (χ2v) is 5.30. The number of anilines is 1. The van der Waals surface area contributed by atoms with Crippen molar-refractivity contribution in [3.05, 3.63) is 36.4 Å². The zero-order valence-electron chi connectivity index (χ0n) is 13.3. The van der Waals surface area contributed by atoms with E-state index >= 15 is 0 Å². The van der Waals surface area contributed by atoms with Gasteiger partial charge >= 0.3 is 0 Å². The molecule has 9 nitrogen and oxygen atoms in total. The van der Waals surface area contributed by atoms with Gasteiger partial charge in [0.15, 0.2) is 0 Å². The summed E-state index contributed by atoms with van der Waals surface area (Å²) in [4.78, 5) is 9.65. The molecule has 3 N–H and O–H groups in total. The van der Waals surface area contributed by atoms with Gasteiger partial charge < -0.3 is 15.5 Å². The molecule has 0 fully saturated rings. The third-order valence-electron chi connectivity index (χ3n) is 3.39. The van der Waals surface area contributed by atoms with E-state index in [0.29, 0.717) is 22.6 Å². The molecule has 0 saturated carbocycles. The van der Waals surface area contributed by atoms with Gasteiger partial charge in [0.25, 0.3) is 0 Å². The van der Waals surface area contributed by atoms with Gasteiger partial charge in [0.05, 0.1) is 19.8 Å². The predicted molar refractivity (Wildman–Crippen MR) is 86.8 cm³/mol. The minimum Gasteiger partial charge on any atom is -0.394 e. The number of aromatic nitrogens is 6. The van der Waals surface area contributed by atoms with Crippen molar-refractivity contribution >= 4 is 5.82 Å². The molecule has 3 heterocycles. The van der Waals surface area contributed by atoms with E-state index in [-0.39, 0.29) is 19.0 Å². The van der Waals surface area contributed by atoms with Crippen LogP contribution < -0.4 is 5.32 Å². The van der Waals surface area contributed by atoms with E-state index < -0.39 is 11.9 Å². The zero-order valence-corrected chi connectivity index (χ0v) is 13.3. The van der Waals surface area contributed by atoms with Crippen molar-refractivity contribution in [1.29, 1.82) is 0 Å². The Morgan fingerprint density at radius 3 is 2.72 bits per heavy atom. The summed E-state index contributed by atoms with van der Waals surface area (Å²) >= 11 is 0. The molecule has 0 aliphatic carbocycles. The summed E-state index contributed by atoms with van der Waals surface area (Å²) in [6, 6.07) is 4.59. The maximum Gasteiger partial charge on any atom is 0.223 e. The van der Waals surface area contributed by atoms with Gasteiger partial charge in [-0.05, 0) is 11.3 Å². The smallest absolute Gasteiger partial charge is 0.223 e. The number of pyridine rings is 2. The van der Waals surface area contributed by atoms with Crippen LogP contribution in [-0.2, 0) is 7.05 Å². The zero-order chi connectivity index (χ0) is 17.8. The highest BCUT2D eigenvalue weighted by Crippen LogP contribution is 2.24. The van der Waals surface area contributed by atoms with Gasteiger partial charge in [-0.25, -0.2) is 9.37 Å². The molecule has 3 aromatic heterocycles. The first-order valence-electron chi connectivity index (χ1n) is 7.46. The Hall–Kier alpha value is -2.98. The van der Waals surface area contributed by atoms with Crippen LogP contribution in [0.15, 0.2) is 30.6 Å². The second kappa shape index (κ2) is 7.28. The molecule has 130 valence electrons. The van der Waals surface area contributed by atoms with Gasteiger partial charge in [0, 0.05) is 36.1 Å². The fourth-order valence-corrected chi connectivity index (χ4v) is 2.10. The first kappa shape index (κ1) is 16.9. The van der Waals surface area contributed by atoms with E-state index in [9.17, 15) is 9.50 Å². The van der Waals surface area contributed by atoms with Crippen molar-refractivity contribution in [3.63, 3.8) is 0 Å². The highest BCUT2D eigenvalue weighted by molar-refractivity contribution is 5.65. The maximum atomic E-state index is 14.3. The number of rotatable bonds is 6. The number of hydrogen-bond acceptors (Lipinski definition) is 8. The first-order chi connectivity index (χ1) is 12.1. The van der Waals surface area contributed by atoms with E-state index in [4.69, 9.17) is 5.11 Å². The summed E-state index contributed by atoms with van der Waals surface area (Å²) in [7, 11) is 1.65. The van der Waals surface area contributed by atoms with E-state index in [1.165, 1.54) is 23.3 Å². The van der Waals surface area contributed by atoms with E-state index in [0.717, 1.165) is 0 Å². The monoisotopic (exact) mass is 345 g/mol. The van der Waals surface area contributed by atoms with Crippen LogP contribution in [0.1, 0.15) is 0 Å². The Balaban J connectivity index is 1.77. The Labute approximate surface area is 142 Å². The Bertz CT molecular complexity index is 853. The van der Waals surface area contributed by atoms with Crippen LogP contribution in [0.3, 0.4) is 0 Å². The van der Waals surface area contributed by atoms with Crippen molar-refractivity contribution in [3.8, 4) is 22.6 Å². The minimum absolute atomic E-state index is 0.0731.